The quantitative estimate of drug-likeness (QED) is 0.409. The van der Waals surface area contributed by atoms with Crippen LogP contribution in [0.1, 0.15) is 75.9 Å². The fraction of sp³-hybridized carbons (Fsp3) is 0.346. The summed E-state index contributed by atoms with van der Waals surface area (Å²) in [5.41, 5.74) is 0.621. The highest BCUT2D eigenvalue weighted by Gasteiger charge is 2.33. The third-order valence-corrected chi connectivity index (χ3v) is 6.59. The Labute approximate surface area is 200 Å². The van der Waals surface area contributed by atoms with Gasteiger partial charge in [-0.2, -0.15) is 28.7 Å². The molecule has 1 fully saturated rings. The molecule has 9 heteroatoms. The van der Waals surface area contributed by atoms with Crippen LogP contribution in [-0.2, 0) is 6.18 Å². The molecule has 1 saturated carbocycles. The fourth-order valence-electron chi connectivity index (χ4n) is 4.71. The van der Waals surface area contributed by atoms with Crippen molar-refractivity contribution in [2.75, 3.05) is 0 Å². The smallest absolute Gasteiger partial charge is 0.340 e. The van der Waals surface area contributed by atoms with E-state index < -0.39 is 11.7 Å². The lowest BCUT2D eigenvalue weighted by Gasteiger charge is -2.26. The largest absolute Gasteiger partial charge is 0.416 e. The normalized spacial score (nSPS) is 18.0. The highest BCUT2D eigenvalue weighted by atomic mass is 19.4. The fourth-order valence-corrected chi connectivity index (χ4v) is 4.71. The Morgan fingerprint density at radius 3 is 2.23 bits per heavy atom. The van der Waals surface area contributed by atoms with Crippen molar-refractivity contribution in [2.24, 2.45) is 5.92 Å². The van der Waals surface area contributed by atoms with Crippen molar-refractivity contribution < 1.29 is 22.5 Å². The molecule has 0 spiro atoms. The van der Waals surface area contributed by atoms with Crippen LogP contribution >= 0.6 is 0 Å². The summed E-state index contributed by atoms with van der Waals surface area (Å²) < 4.78 is 43.9. The molecule has 6 nitrogen and oxygen atoms in total. The summed E-state index contributed by atoms with van der Waals surface area (Å²) in [6, 6.07) is 9.83. The highest BCUT2D eigenvalue weighted by Crippen LogP contribution is 2.39. The number of hydrogen-bond acceptors (Lipinski definition) is 6. The molecular weight excluding hydrogens is 457 g/mol. The summed E-state index contributed by atoms with van der Waals surface area (Å²) in [6.07, 6.45) is -1.84. The van der Waals surface area contributed by atoms with E-state index in [1.54, 1.807) is 13.8 Å². The number of hydrogen-bond donors (Lipinski definition) is 0. The Balaban J connectivity index is 1.64. The van der Waals surface area contributed by atoms with Crippen LogP contribution in [0.25, 0.3) is 11.1 Å². The van der Waals surface area contributed by atoms with E-state index in [-0.39, 0.29) is 34.3 Å². The van der Waals surface area contributed by atoms with Crippen molar-refractivity contribution in [3.8, 4) is 23.3 Å². The van der Waals surface area contributed by atoms with Gasteiger partial charge < -0.3 is 4.52 Å². The average molecular weight is 478 g/mol. The Bertz CT molecular complexity index is 1350. The predicted molar refractivity (Wildman–Crippen MR) is 119 cm³/mol. The Kier molecular flexibility index (Phi) is 6.45. The first-order valence-electron chi connectivity index (χ1n) is 11.1. The van der Waals surface area contributed by atoms with Crippen molar-refractivity contribution in [3.63, 3.8) is 0 Å². The van der Waals surface area contributed by atoms with Crippen LogP contribution in [0.15, 0.2) is 34.9 Å². The lowest BCUT2D eigenvalue weighted by molar-refractivity contribution is -0.137. The van der Waals surface area contributed by atoms with Gasteiger partial charge in [-0.05, 0) is 61.9 Å². The lowest BCUT2D eigenvalue weighted by atomic mass is 9.76. The van der Waals surface area contributed by atoms with Crippen molar-refractivity contribution in [1.29, 1.82) is 10.5 Å². The molecule has 1 aliphatic rings. The number of Topliss-reactive ketones (excluding diaryl/α,β-unsaturated/α-hetero) is 1. The first-order valence-corrected chi connectivity index (χ1v) is 11.1. The summed E-state index contributed by atoms with van der Waals surface area (Å²) in [5.74, 6) is 0.841. The van der Waals surface area contributed by atoms with E-state index in [0.717, 1.165) is 12.1 Å². The summed E-state index contributed by atoms with van der Waals surface area (Å²) in [7, 11) is 0. The number of halogens is 3. The maximum Gasteiger partial charge on any atom is 0.416 e. The molecule has 1 aliphatic carbocycles. The molecule has 1 heterocycles. The summed E-state index contributed by atoms with van der Waals surface area (Å²) in [5, 5.41) is 23.6. The van der Waals surface area contributed by atoms with Gasteiger partial charge in [0.15, 0.2) is 11.6 Å². The number of rotatable bonds is 4. The topological polar surface area (TPSA) is 104 Å². The van der Waals surface area contributed by atoms with Gasteiger partial charge in [0.1, 0.15) is 6.07 Å². The van der Waals surface area contributed by atoms with Crippen LogP contribution in [0.4, 0.5) is 13.2 Å². The number of benzene rings is 2. The Hall–Kier alpha value is -3.98. The van der Waals surface area contributed by atoms with Crippen LogP contribution in [0.3, 0.4) is 0 Å². The van der Waals surface area contributed by atoms with Crippen LogP contribution in [0.2, 0.25) is 0 Å². The van der Waals surface area contributed by atoms with E-state index in [2.05, 4.69) is 16.2 Å². The van der Waals surface area contributed by atoms with Gasteiger partial charge in [0, 0.05) is 29.9 Å². The summed E-state index contributed by atoms with van der Waals surface area (Å²) in [6.45, 7) is 3.36. The molecule has 0 bridgehead atoms. The van der Waals surface area contributed by atoms with Gasteiger partial charge in [0.25, 0.3) is 0 Å². The first-order chi connectivity index (χ1) is 16.6. The first kappa shape index (κ1) is 24.2. The number of alkyl halides is 3. The monoisotopic (exact) mass is 478 g/mol. The van der Waals surface area contributed by atoms with Gasteiger partial charge in [-0.3, -0.25) is 4.79 Å². The van der Waals surface area contributed by atoms with Gasteiger partial charge in [0.05, 0.1) is 22.8 Å². The van der Waals surface area contributed by atoms with E-state index in [1.807, 2.05) is 6.07 Å². The van der Waals surface area contributed by atoms with Gasteiger partial charge >= 0.3 is 6.18 Å². The summed E-state index contributed by atoms with van der Waals surface area (Å²) >= 11 is 0. The van der Waals surface area contributed by atoms with Gasteiger partial charge in [-0.15, -0.1) is 0 Å². The SMILES string of the molecule is Cc1nc(C2CCC(C(=O)c3cc(C#N)c(-c4ccc(C(F)(F)F)cc4)c(C#N)c3C)CC2)no1. The third-order valence-electron chi connectivity index (χ3n) is 6.59. The molecule has 0 atom stereocenters. The minimum atomic E-state index is -4.50. The average Bonchev–Trinajstić information content (AvgIpc) is 3.29. The van der Waals surface area contributed by atoms with Crippen LogP contribution in [-0.4, -0.2) is 15.9 Å². The van der Waals surface area contributed by atoms with E-state index in [0.29, 0.717) is 54.1 Å². The molecule has 0 saturated heterocycles. The minimum Gasteiger partial charge on any atom is -0.340 e. The molecule has 0 unspecified atom stereocenters. The van der Waals surface area contributed by atoms with Crippen LogP contribution in [0, 0.1) is 42.4 Å². The number of aromatic nitrogens is 2. The number of aryl methyl sites for hydroxylation is 1. The zero-order valence-electron chi connectivity index (χ0n) is 19.1. The van der Waals surface area contributed by atoms with Crippen molar-refractivity contribution in [3.05, 3.63) is 69.9 Å². The number of carbonyl (C=O) groups excluding carboxylic acids is 1. The zero-order valence-corrected chi connectivity index (χ0v) is 19.1. The number of ketones is 1. The van der Waals surface area contributed by atoms with Crippen molar-refractivity contribution in [2.45, 2.75) is 51.6 Å². The highest BCUT2D eigenvalue weighted by molar-refractivity contribution is 6.01. The Morgan fingerprint density at radius 1 is 1.06 bits per heavy atom. The molecule has 2 aromatic carbocycles. The molecule has 35 heavy (non-hydrogen) atoms. The minimum absolute atomic E-state index is 0.0752. The Morgan fingerprint density at radius 2 is 1.71 bits per heavy atom. The maximum absolute atomic E-state index is 13.4. The molecule has 3 aromatic rings. The molecular formula is C26H21F3N4O2. The number of nitrogens with zero attached hydrogens (tertiary/aromatic N) is 4. The molecule has 1 aromatic heterocycles. The molecule has 4 rings (SSSR count). The molecule has 0 amide bonds. The van der Waals surface area contributed by atoms with Crippen molar-refractivity contribution in [1.82, 2.24) is 10.1 Å². The molecule has 178 valence electrons. The van der Waals surface area contributed by atoms with E-state index in [9.17, 15) is 28.5 Å². The van der Waals surface area contributed by atoms with Gasteiger partial charge in [-0.1, -0.05) is 17.3 Å². The molecule has 0 radical (unpaired) electrons. The second kappa shape index (κ2) is 9.34. The second-order valence-electron chi connectivity index (χ2n) is 8.73. The standard InChI is InChI=1S/C26H21F3N4O2/c1-14-21(24(34)17-3-5-18(6-4-17)25-32-15(2)35-33-25)11-19(12-30)23(22(14)13-31)16-7-9-20(10-8-16)26(27,28)29/h7-11,17-18H,3-6H2,1-2H3. The van der Waals surface area contributed by atoms with Gasteiger partial charge in [0.2, 0.25) is 5.89 Å². The molecule has 0 aliphatic heterocycles. The predicted octanol–water partition coefficient (Wildman–Crippen LogP) is 6.27. The molecule has 0 N–H and O–H groups in total. The van der Waals surface area contributed by atoms with Gasteiger partial charge in [-0.25, -0.2) is 0 Å². The van der Waals surface area contributed by atoms with Crippen molar-refractivity contribution >= 4 is 5.78 Å². The maximum atomic E-state index is 13.4. The van der Waals surface area contributed by atoms with E-state index in [4.69, 9.17) is 4.52 Å². The van der Waals surface area contributed by atoms with Crippen LogP contribution in [0.5, 0.6) is 0 Å². The summed E-state index contributed by atoms with van der Waals surface area (Å²) in [4.78, 5) is 17.7. The number of nitriles is 2. The zero-order chi connectivity index (χ0) is 25.3. The second-order valence-corrected chi connectivity index (χ2v) is 8.73. The van der Waals surface area contributed by atoms with E-state index in [1.165, 1.54) is 18.2 Å². The van der Waals surface area contributed by atoms with E-state index >= 15 is 0 Å². The third kappa shape index (κ3) is 4.67. The van der Waals surface area contributed by atoms with Crippen LogP contribution < -0.4 is 0 Å². The number of carbonyl (C=O) groups is 1. The lowest BCUT2D eigenvalue weighted by Crippen LogP contribution is -2.23.